The van der Waals surface area contributed by atoms with Gasteiger partial charge in [0.15, 0.2) is 0 Å². The molecule has 0 atom stereocenters. The predicted molar refractivity (Wildman–Crippen MR) is 192 cm³/mol. The summed E-state index contributed by atoms with van der Waals surface area (Å²) in [6.45, 7) is 13.9. The van der Waals surface area contributed by atoms with Gasteiger partial charge >= 0.3 is 0 Å². The van der Waals surface area contributed by atoms with Gasteiger partial charge in [0.2, 0.25) is 0 Å². The van der Waals surface area contributed by atoms with Gasteiger partial charge in [0.25, 0.3) is 0 Å². The van der Waals surface area contributed by atoms with E-state index in [0.717, 1.165) is 24.3 Å². The Morgan fingerprint density at radius 1 is 0.326 bits per heavy atom. The fourth-order valence-electron chi connectivity index (χ4n) is 6.73. The molecule has 0 fully saturated rings. The summed E-state index contributed by atoms with van der Waals surface area (Å²) < 4.78 is 7.16. The Hall–Kier alpha value is -1.76. The molecular formula is C42H70O. The van der Waals surface area contributed by atoms with Crippen LogP contribution in [0.5, 0.6) is 11.5 Å². The zero-order valence-corrected chi connectivity index (χ0v) is 29.7. The Morgan fingerprint density at radius 3 is 0.907 bits per heavy atom. The van der Waals surface area contributed by atoms with Gasteiger partial charge in [-0.15, -0.1) is 0 Å². The lowest BCUT2D eigenvalue weighted by Gasteiger charge is -2.23. The van der Waals surface area contributed by atoms with Crippen LogP contribution in [0.4, 0.5) is 0 Å². The highest BCUT2D eigenvalue weighted by atomic mass is 16.5. The first kappa shape index (κ1) is 37.4. The van der Waals surface area contributed by atoms with Crippen molar-refractivity contribution in [3.63, 3.8) is 0 Å². The van der Waals surface area contributed by atoms with Crippen LogP contribution < -0.4 is 4.74 Å². The fourth-order valence-corrected chi connectivity index (χ4v) is 6.73. The zero-order valence-electron chi connectivity index (χ0n) is 29.7. The average Bonchev–Trinajstić information content (AvgIpc) is 3.01. The molecule has 0 unspecified atom stereocenters. The molecule has 2 rings (SSSR count). The van der Waals surface area contributed by atoms with E-state index in [0.29, 0.717) is 0 Å². The number of benzene rings is 2. The van der Waals surface area contributed by atoms with Crippen molar-refractivity contribution < 1.29 is 4.74 Å². The highest BCUT2D eigenvalue weighted by Crippen LogP contribution is 2.38. The molecular weight excluding hydrogens is 520 g/mol. The molecule has 1 heteroatoms. The normalized spacial score (nSPS) is 11.4. The number of aryl methyl sites for hydroxylation is 2. The van der Waals surface area contributed by atoms with Crippen LogP contribution >= 0.6 is 0 Å². The van der Waals surface area contributed by atoms with Crippen molar-refractivity contribution in [1.82, 2.24) is 0 Å². The van der Waals surface area contributed by atoms with Crippen LogP contribution in [0, 0.1) is 0 Å². The van der Waals surface area contributed by atoms with Crippen LogP contribution in [0.3, 0.4) is 0 Å². The Kier molecular flexibility index (Phi) is 20.5. The highest BCUT2D eigenvalue weighted by molar-refractivity contribution is 5.51. The van der Waals surface area contributed by atoms with Gasteiger partial charge in [-0.05, 0) is 123 Å². The molecule has 0 aliphatic heterocycles. The summed E-state index contributed by atoms with van der Waals surface area (Å²) in [6, 6.07) is 9.59. The second kappa shape index (κ2) is 23.6. The van der Waals surface area contributed by atoms with Crippen molar-refractivity contribution >= 4 is 0 Å². The third kappa shape index (κ3) is 13.4. The maximum Gasteiger partial charge on any atom is 0.130 e. The van der Waals surface area contributed by atoms with Crippen LogP contribution in [0.25, 0.3) is 0 Å². The molecule has 0 heterocycles. The topological polar surface area (TPSA) is 9.23 Å². The second-order valence-corrected chi connectivity index (χ2v) is 13.2. The van der Waals surface area contributed by atoms with Gasteiger partial charge in [-0.2, -0.15) is 0 Å². The van der Waals surface area contributed by atoms with Gasteiger partial charge in [-0.3, -0.25) is 0 Å². The molecule has 1 nitrogen and oxygen atoms in total. The van der Waals surface area contributed by atoms with Crippen LogP contribution in [0.1, 0.15) is 190 Å². The van der Waals surface area contributed by atoms with Gasteiger partial charge in [0.1, 0.15) is 11.5 Å². The maximum absolute atomic E-state index is 7.16. The van der Waals surface area contributed by atoms with E-state index in [1.54, 1.807) is 22.3 Å². The van der Waals surface area contributed by atoms with Crippen molar-refractivity contribution in [3.8, 4) is 11.5 Å². The smallest absolute Gasteiger partial charge is 0.130 e. The van der Waals surface area contributed by atoms with E-state index in [1.165, 1.54) is 152 Å². The van der Waals surface area contributed by atoms with Crippen molar-refractivity contribution in [2.24, 2.45) is 0 Å². The summed E-state index contributed by atoms with van der Waals surface area (Å²) in [6.07, 6.45) is 30.3. The van der Waals surface area contributed by atoms with E-state index in [2.05, 4.69) is 65.8 Å². The first-order valence-electron chi connectivity index (χ1n) is 19.1. The lowest BCUT2D eigenvalue weighted by Crippen LogP contribution is -2.07. The third-order valence-corrected chi connectivity index (χ3v) is 9.41. The standard InChI is InChI=1S/C42H70O/c1-7-13-19-25-35-31-33-41(39(29-23-17-11-5)37(35)27-21-15-9-3)43-42-34-32-36(26-20-14-8-2)38(28-22-16-10-4)40(42)30-24-18-12-6/h31-34H,7-30H2,1-6H3. The van der Waals surface area contributed by atoms with Crippen molar-refractivity contribution in [1.29, 1.82) is 0 Å². The maximum atomic E-state index is 7.16. The molecule has 0 amide bonds. The number of hydrogen-bond acceptors (Lipinski definition) is 1. The van der Waals surface area contributed by atoms with Crippen molar-refractivity contribution in [2.45, 2.75) is 196 Å². The van der Waals surface area contributed by atoms with Crippen LogP contribution in [-0.2, 0) is 38.5 Å². The minimum Gasteiger partial charge on any atom is -0.457 e. The molecule has 0 radical (unpaired) electrons. The molecule has 0 aliphatic rings. The molecule has 0 aromatic heterocycles. The minimum atomic E-state index is 1.15. The van der Waals surface area contributed by atoms with Gasteiger partial charge in [-0.25, -0.2) is 0 Å². The Bertz CT molecular complexity index is 907. The molecule has 0 saturated carbocycles. The van der Waals surface area contributed by atoms with Crippen molar-refractivity contribution in [2.75, 3.05) is 0 Å². The molecule has 0 spiro atoms. The van der Waals surface area contributed by atoms with Crippen LogP contribution in [0.15, 0.2) is 24.3 Å². The Balaban J connectivity index is 2.60. The summed E-state index contributed by atoms with van der Waals surface area (Å²) in [7, 11) is 0. The van der Waals surface area contributed by atoms with Gasteiger partial charge in [-0.1, -0.05) is 131 Å². The molecule has 2 aromatic rings. The number of ether oxygens (including phenoxy) is 1. The summed E-state index contributed by atoms with van der Waals surface area (Å²) in [5.74, 6) is 2.30. The van der Waals surface area contributed by atoms with Gasteiger partial charge in [0.05, 0.1) is 0 Å². The Labute approximate surface area is 269 Å². The van der Waals surface area contributed by atoms with Crippen molar-refractivity contribution in [3.05, 3.63) is 57.6 Å². The summed E-state index contributed by atoms with van der Waals surface area (Å²) in [4.78, 5) is 0. The number of unbranched alkanes of at least 4 members (excludes halogenated alkanes) is 12. The molecule has 0 saturated heterocycles. The monoisotopic (exact) mass is 591 g/mol. The first-order chi connectivity index (χ1) is 21.1. The van der Waals surface area contributed by atoms with Gasteiger partial charge < -0.3 is 4.74 Å². The van der Waals surface area contributed by atoms with E-state index in [-0.39, 0.29) is 0 Å². The summed E-state index contributed by atoms with van der Waals surface area (Å²) in [5.41, 5.74) is 9.50. The van der Waals surface area contributed by atoms with E-state index in [1.807, 2.05) is 0 Å². The summed E-state index contributed by atoms with van der Waals surface area (Å²) >= 11 is 0. The molecule has 43 heavy (non-hydrogen) atoms. The number of rotatable bonds is 26. The van der Waals surface area contributed by atoms with E-state index in [4.69, 9.17) is 4.74 Å². The molecule has 0 bridgehead atoms. The average molecular weight is 591 g/mol. The van der Waals surface area contributed by atoms with Gasteiger partial charge in [0, 0.05) is 0 Å². The lowest BCUT2D eigenvalue weighted by molar-refractivity contribution is 0.463. The minimum absolute atomic E-state index is 1.15. The number of hydrogen-bond donors (Lipinski definition) is 0. The highest BCUT2D eigenvalue weighted by Gasteiger charge is 2.19. The second-order valence-electron chi connectivity index (χ2n) is 13.2. The molecule has 2 aromatic carbocycles. The van der Waals surface area contributed by atoms with Crippen LogP contribution in [-0.4, -0.2) is 0 Å². The predicted octanol–water partition coefficient (Wildman–Crippen LogP) is 13.9. The summed E-state index contributed by atoms with van der Waals surface area (Å²) in [5, 5.41) is 0. The fraction of sp³-hybridized carbons (Fsp3) is 0.714. The third-order valence-electron chi connectivity index (χ3n) is 9.41. The van der Waals surface area contributed by atoms with E-state index in [9.17, 15) is 0 Å². The molecule has 244 valence electrons. The Morgan fingerprint density at radius 2 is 0.605 bits per heavy atom. The van der Waals surface area contributed by atoms with Crippen LogP contribution in [0.2, 0.25) is 0 Å². The molecule has 0 N–H and O–H groups in total. The largest absolute Gasteiger partial charge is 0.457 e. The quantitative estimate of drug-likeness (QED) is 0.0990. The van der Waals surface area contributed by atoms with E-state index >= 15 is 0 Å². The zero-order chi connectivity index (χ0) is 31.1. The van der Waals surface area contributed by atoms with E-state index < -0.39 is 0 Å². The first-order valence-corrected chi connectivity index (χ1v) is 19.1. The molecule has 0 aliphatic carbocycles. The SMILES string of the molecule is CCCCCc1ccc(Oc2ccc(CCCCC)c(CCCCC)c2CCCCC)c(CCCCC)c1CCCCC. The lowest BCUT2D eigenvalue weighted by atomic mass is 9.89.